The van der Waals surface area contributed by atoms with E-state index in [0.29, 0.717) is 11.4 Å². The first-order valence-corrected chi connectivity index (χ1v) is 8.64. The van der Waals surface area contributed by atoms with Gasteiger partial charge in [-0.3, -0.25) is 4.79 Å². The summed E-state index contributed by atoms with van der Waals surface area (Å²) >= 11 is 5.61. The molecule has 8 heteroatoms. The van der Waals surface area contributed by atoms with Crippen molar-refractivity contribution in [3.63, 3.8) is 0 Å². The number of aliphatic hydroxyl groups excluding tert-OH is 1. The number of halogens is 1. The van der Waals surface area contributed by atoms with Gasteiger partial charge >= 0.3 is 0 Å². The molecule has 0 spiro atoms. The Kier molecular flexibility index (Phi) is 4.75. The van der Waals surface area contributed by atoms with Crippen LogP contribution in [0, 0.1) is 0 Å². The van der Waals surface area contributed by atoms with E-state index in [1.54, 1.807) is 24.3 Å². The summed E-state index contributed by atoms with van der Waals surface area (Å²) in [6.45, 7) is 0. The number of sulfone groups is 1. The first-order chi connectivity index (χ1) is 9.88. The quantitative estimate of drug-likeness (QED) is 0.808. The van der Waals surface area contributed by atoms with Gasteiger partial charge in [0.25, 0.3) is 0 Å². The smallest absolute Gasteiger partial charge is 0.242 e. The summed E-state index contributed by atoms with van der Waals surface area (Å²) < 4.78 is 28.4. The Morgan fingerprint density at radius 3 is 2.71 bits per heavy atom. The molecular weight excluding hydrogens is 318 g/mol. The molecule has 1 saturated heterocycles. The molecule has 1 fully saturated rings. The van der Waals surface area contributed by atoms with Crippen LogP contribution in [0.25, 0.3) is 0 Å². The number of nitrogens with zero attached hydrogens (tertiary/aromatic N) is 1. The standard InChI is InChI=1S/C13H16ClNO5S/c1-20-10-4-2-3-9(5-10)15(13(17)6-14)11-7-21(18,19)8-12(11)16/h2-5,11-12,16H,6-8H2,1H3/t11-,12-/m0/s1. The van der Waals surface area contributed by atoms with Crippen LogP contribution in [0.15, 0.2) is 24.3 Å². The molecule has 1 N–H and O–H groups in total. The average Bonchev–Trinajstić information content (AvgIpc) is 2.72. The number of hydrogen-bond donors (Lipinski definition) is 1. The van der Waals surface area contributed by atoms with Crippen LogP contribution in [0.4, 0.5) is 5.69 Å². The molecule has 1 amide bonds. The van der Waals surface area contributed by atoms with E-state index in [4.69, 9.17) is 16.3 Å². The highest BCUT2D eigenvalue weighted by atomic mass is 35.5. The van der Waals surface area contributed by atoms with Gasteiger partial charge in [-0.25, -0.2) is 8.42 Å². The van der Waals surface area contributed by atoms with Crippen molar-refractivity contribution in [1.82, 2.24) is 0 Å². The summed E-state index contributed by atoms with van der Waals surface area (Å²) in [5, 5.41) is 9.98. The lowest BCUT2D eigenvalue weighted by molar-refractivity contribution is -0.117. The highest BCUT2D eigenvalue weighted by Crippen LogP contribution is 2.28. The van der Waals surface area contributed by atoms with Crippen molar-refractivity contribution in [2.45, 2.75) is 12.1 Å². The van der Waals surface area contributed by atoms with Gasteiger partial charge in [0.2, 0.25) is 5.91 Å². The molecule has 1 aliphatic heterocycles. The second-order valence-corrected chi connectivity index (χ2v) is 7.23. The molecule has 1 heterocycles. The fourth-order valence-corrected chi connectivity index (χ4v) is 4.30. The van der Waals surface area contributed by atoms with E-state index >= 15 is 0 Å². The van der Waals surface area contributed by atoms with Gasteiger partial charge in [-0.1, -0.05) is 6.07 Å². The Balaban J connectivity index is 2.41. The van der Waals surface area contributed by atoms with Crippen molar-refractivity contribution in [2.24, 2.45) is 0 Å². The summed E-state index contributed by atoms with van der Waals surface area (Å²) in [5.74, 6) is -0.886. The Morgan fingerprint density at radius 2 is 2.19 bits per heavy atom. The maximum Gasteiger partial charge on any atom is 0.242 e. The van der Waals surface area contributed by atoms with Gasteiger partial charge in [0.1, 0.15) is 11.6 Å². The Morgan fingerprint density at radius 1 is 1.48 bits per heavy atom. The summed E-state index contributed by atoms with van der Waals surface area (Å²) in [6, 6.07) is 5.79. The van der Waals surface area contributed by atoms with Crippen molar-refractivity contribution >= 4 is 33.0 Å². The second-order valence-electron chi connectivity index (χ2n) is 4.81. The zero-order valence-electron chi connectivity index (χ0n) is 11.4. The van der Waals surface area contributed by atoms with E-state index in [-0.39, 0.29) is 17.4 Å². The minimum absolute atomic E-state index is 0.284. The van der Waals surface area contributed by atoms with Crippen LogP contribution in [-0.4, -0.2) is 56.1 Å². The van der Waals surface area contributed by atoms with Gasteiger partial charge in [0, 0.05) is 11.8 Å². The fraction of sp³-hybridized carbons (Fsp3) is 0.462. The maximum absolute atomic E-state index is 12.1. The van der Waals surface area contributed by atoms with Crippen LogP contribution < -0.4 is 9.64 Å². The molecule has 0 aliphatic carbocycles. The number of carbonyl (C=O) groups excluding carboxylic acids is 1. The molecule has 0 unspecified atom stereocenters. The Hall–Kier alpha value is -1.31. The van der Waals surface area contributed by atoms with Crippen LogP contribution >= 0.6 is 11.6 Å². The third-order valence-electron chi connectivity index (χ3n) is 3.34. The minimum atomic E-state index is -3.37. The number of ether oxygens (including phenoxy) is 1. The number of anilines is 1. The molecule has 2 atom stereocenters. The second kappa shape index (κ2) is 6.21. The predicted molar refractivity (Wildman–Crippen MR) is 79.6 cm³/mol. The topological polar surface area (TPSA) is 83.9 Å². The van der Waals surface area contributed by atoms with Crippen molar-refractivity contribution in [1.29, 1.82) is 0 Å². The minimum Gasteiger partial charge on any atom is -0.497 e. The van der Waals surface area contributed by atoms with Gasteiger partial charge in [0.15, 0.2) is 9.84 Å². The first-order valence-electron chi connectivity index (χ1n) is 6.28. The molecular formula is C13H16ClNO5S. The fourth-order valence-electron chi connectivity index (χ4n) is 2.40. The van der Waals surface area contributed by atoms with E-state index in [0.717, 1.165) is 0 Å². The van der Waals surface area contributed by atoms with Crippen LogP contribution in [0.5, 0.6) is 5.75 Å². The molecule has 1 aliphatic rings. The SMILES string of the molecule is COc1cccc(N(C(=O)CCl)[C@H]2CS(=O)(=O)C[C@@H]2O)c1. The highest BCUT2D eigenvalue weighted by Gasteiger charge is 2.42. The summed E-state index contributed by atoms with van der Waals surface area (Å²) in [7, 11) is -1.89. The summed E-state index contributed by atoms with van der Waals surface area (Å²) in [6.07, 6.45) is -1.13. The molecule has 116 valence electrons. The first kappa shape index (κ1) is 16.1. The van der Waals surface area contributed by atoms with Crippen molar-refractivity contribution < 1.29 is 23.1 Å². The zero-order chi connectivity index (χ0) is 15.6. The summed E-state index contributed by atoms with van der Waals surface area (Å²) in [5.41, 5.74) is 0.446. The largest absolute Gasteiger partial charge is 0.497 e. The van der Waals surface area contributed by atoms with Crippen LogP contribution in [0.2, 0.25) is 0 Å². The lowest BCUT2D eigenvalue weighted by Crippen LogP contribution is -2.47. The average molecular weight is 334 g/mol. The zero-order valence-corrected chi connectivity index (χ0v) is 13.0. The third-order valence-corrected chi connectivity index (χ3v) is 5.27. The molecule has 0 radical (unpaired) electrons. The van der Waals surface area contributed by atoms with Crippen LogP contribution in [-0.2, 0) is 14.6 Å². The molecule has 0 saturated carbocycles. The summed E-state index contributed by atoms with van der Waals surface area (Å²) in [4.78, 5) is 13.3. The van der Waals surface area contributed by atoms with Crippen LogP contribution in [0.3, 0.4) is 0 Å². The maximum atomic E-state index is 12.1. The Labute approximate surface area is 128 Å². The van der Waals surface area contributed by atoms with Crippen molar-refractivity contribution in [2.75, 3.05) is 29.4 Å². The lowest BCUT2D eigenvalue weighted by atomic mass is 10.1. The van der Waals surface area contributed by atoms with Crippen molar-refractivity contribution in [3.8, 4) is 5.75 Å². The number of alkyl halides is 1. The van der Waals surface area contributed by atoms with E-state index in [9.17, 15) is 18.3 Å². The molecule has 21 heavy (non-hydrogen) atoms. The van der Waals surface area contributed by atoms with E-state index in [2.05, 4.69) is 0 Å². The number of rotatable bonds is 4. The van der Waals surface area contributed by atoms with Gasteiger partial charge in [-0.05, 0) is 12.1 Å². The van der Waals surface area contributed by atoms with E-state index < -0.39 is 27.9 Å². The molecule has 1 aromatic carbocycles. The van der Waals surface area contributed by atoms with E-state index in [1.807, 2.05) is 0 Å². The third kappa shape index (κ3) is 3.48. The number of aliphatic hydroxyl groups is 1. The lowest BCUT2D eigenvalue weighted by Gasteiger charge is -2.30. The normalized spacial score (nSPS) is 23.8. The molecule has 2 rings (SSSR count). The Bertz CT molecular complexity index is 633. The molecule has 6 nitrogen and oxygen atoms in total. The number of hydrogen-bond acceptors (Lipinski definition) is 5. The number of methoxy groups -OCH3 is 1. The van der Waals surface area contributed by atoms with Gasteiger partial charge in [-0.15, -0.1) is 11.6 Å². The number of carbonyl (C=O) groups is 1. The van der Waals surface area contributed by atoms with Gasteiger partial charge < -0.3 is 14.7 Å². The predicted octanol–water partition coefficient (Wildman–Crippen LogP) is 0.425. The van der Waals surface area contributed by atoms with Crippen LogP contribution in [0.1, 0.15) is 0 Å². The number of benzene rings is 1. The van der Waals surface area contributed by atoms with E-state index in [1.165, 1.54) is 12.0 Å². The number of amides is 1. The molecule has 0 bridgehead atoms. The van der Waals surface area contributed by atoms with Gasteiger partial charge in [-0.2, -0.15) is 0 Å². The molecule has 0 aromatic heterocycles. The van der Waals surface area contributed by atoms with Gasteiger partial charge in [0.05, 0.1) is 30.8 Å². The monoisotopic (exact) mass is 333 g/mol. The molecule has 1 aromatic rings. The highest BCUT2D eigenvalue weighted by molar-refractivity contribution is 7.91. The van der Waals surface area contributed by atoms with Crippen molar-refractivity contribution in [3.05, 3.63) is 24.3 Å².